The number of amides is 1. The first-order valence-corrected chi connectivity index (χ1v) is 7.11. The summed E-state index contributed by atoms with van der Waals surface area (Å²) in [6.45, 7) is 4.05. The Bertz CT molecular complexity index is 473. The lowest BCUT2D eigenvalue weighted by molar-refractivity contribution is -0.134. The maximum Gasteiger partial charge on any atom is 0.244 e. The molecule has 0 radical (unpaired) electrons. The zero-order chi connectivity index (χ0) is 14.4. The summed E-state index contributed by atoms with van der Waals surface area (Å²) >= 11 is 0. The lowest BCUT2D eigenvalue weighted by Gasteiger charge is -2.32. The average molecular weight is 272 g/mol. The maximum absolute atomic E-state index is 12.5. The lowest BCUT2D eigenvalue weighted by Crippen LogP contribution is -2.42. The number of nitrogens with zero attached hydrogens (tertiary/aromatic N) is 2. The van der Waals surface area contributed by atoms with Crippen molar-refractivity contribution in [3.05, 3.63) is 35.9 Å². The number of hydrogen-bond acceptors (Lipinski definition) is 3. The minimum Gasteiger partial charge on any atom is -0.378 e. The summed E-state index contributed by atoms with van der Waals surface area (Å²) in [5.74, 6) is -0.784. The topological polar surface area (TPSA) is 53.3 Å². The Labute approximate surface area is 120 Å². The van der Waals surface area contributed by atoms with Crippen molar-refractivity contribution in [1.82, 2.24) is 4.90 Å². The number of carbonyl (C=O) groups excluding carboxylic acids is 1. The van der Waals surface area contributed by atoms with Gasteiger partial charge in [0, 0.05) is 19.7 Å². The normalized spacial score (nSPS) is 17.5. The molecule has 1 unspecified atom stereocenters. The fourth-order valence-corrected chi connectivity index (χ4v) is 2.58. The van der Waals surface area contributed by atoms with Gasteiger partial charge in [-0.15, -0.1) is 0 Å². The van der Waals surface area contributed by atoms with Gasteiger partial charge in [-0.3, -0.25) is 4.79 Å². The fourth-order valence-electron chi connectivity index (χ4n) is 2.58. The van der Waals surface area contributed by atoms with E-state index < -0.39 is 5.92 Å². The summed E-state index contributed by atoms with van der Waals surface area (Å²) in [5.41, 5.74) is 0.770. The van der Waals surface area contributed by atoms with Crippen LogP contribution in [-0.2, 0) is 9.53 Å². The van der Waals surface area contributed by atoms with Gasteiger partial charge in [-0.25, -0.2) is 0 Å². The molecule has 0 aromatic heterocycles. The molecule has 1 heterocycles. The zero-order valence-electron chi connectivity index (χ0n) is 11.8. The predicted molar refractivity (Wildman–Crippen MR) is 76.0 cm³/mol. The number of benzene rings is 1. The number of likely N-dealkylation sites (tertiary alicyclic amines) is 1. The number of ether oxygens (including phenoxy) is 1. The van der Waals surface area contributed by atoms with E-state index in [9.17, 15) is 10.1 Å². The molecule has 1 aromatic carbocycles. The van der Waals surface area contributed by atoms with Crippen molar-refractivity contribution in [3.63, 3.8) is 0 Å². The van der Waals surface area contributed by atoms with Crippen molar-refractivity contribution >= 4 is 5.91 Å². The van der Waals surface area contributed by atoms with Crippen molar-refractivity contribution in [3.8, 4) is 6.07 Å². The van der Waals surface area contributed by atoms with Crippen LogP contribution in [0.15, 0.2) is 30.3 Å². The molecule has 0 N–H and O–H groups in total. The molecule has 0 bridgehead atoms. The van der Waals surface area contributed by atoms with E-state index in [0.29, 0.717) is 19.7 Å². The molecule has 1 aliphatic heterocycles. The Hall–Kier alpha value is -1.86. The minimum atomic E-state index is -0.695. The van der Waals surface area contributed by atoms with E-state index in [1.54, 1.807) is 4.90 Å². The van der Waals surface area contributed by atoms with Gasteiger partial charge in [-0.05, 0) is 25.3 Å². The van der Waals surface area contributed by atoms with Gasteiger partial charge in [0.15, 0.2) is 0 Å². The first kappa shape index (κ1) is 14.5. The molecule has 0 spiro atoms. The van der Waals surface area contributed by atoms with Gasteiger partial charge in [0.2, 0.25) is 5.91 Å². The highest BCUT2D eigenvalue weighted by atomic mass is 16.5. The first-order chi connectivity index (χ1) is 9.76. The zero-order valence-corrected chi connectivity index (χ0v) is 11.8. The highest BCUT2D eigenvalue weighted by molar-refractivity contribution is 5.86. The summed E-state index contributed by atoms with van der Waals surface area (Å²) in [4.78, 5) is 14.2. The van der Waals surface area contributed by atoms with Crippen LogP contribution < -0.4 is 0 Å². The third-order valence-corrected chi connectivity index (χ3v) is 3.66. The molecule has 1 fully saturated rings. The van der Waals surface area contributed by atoms with Gasteiger partial charge in [-0.2, -0.15) is 5.26 Å². The third-order valence-electron chi connectivity index (χ3n) is 3.66. The van der Waals surface area contributed by atoms with Gasteiger partial charge in [-0.1, -0.05) is 30.3 Å². The Kier molecular flexibility index (Phi) is 5.14. The summed E-state index contributed by atoms with van der Waals surface area (Å²) in [5, 5.41) is 9.29. The second-order valence-corrected chi connectivity index (χ2v) is 4.95. The van der Waals surface area contributed by atoms with Gasteiger partial charge in [0.05, 0.1) is 12.2 Å². The van der Waals surface area contributed by atoms with Crippen LogP contribution in [0.25, 0.3) is 0 Å². The highest BCUT2D eigenvalue weighted by Gasteiger charge is 2.29. The molecule has 0 saturated carbocycles. The van der Waals surface area contributed by atoms with Crippen LogP contribution in [-0.4, -0.2) is 36.6 Å². The second-order valence-electron chi connectivity index (χ2n) is 4.95. The molecule has 1 amide bonds. The first-order valence-electron chi connectivity index (χ1n) is 7.11. The molecule has 1 saturated heterocycles. The largest absolute Gasteiger partial charge is 0.378 e. The van der Waals surface area contributed by atoms with Crippen LogP contribution in [0.4, 0.5) is 0 Å². The number of piperidine rings is 1. The van der Waals surface area contributed by atoms with Crippen LogP contribution in [0.2, 0.25) is 0 Å². The van der Waals surface area contributed by atoms with Crippen LogP contribution in [0.5, 0.6) is 0 Å². The molecule has 1 atom stereocenters. The molecule has 1 aromatic rings. The smallest absolute Gasteiger partial charge is 0.244 e. The number of carbonyl (C=O) groups is 1. The monoisotopic (exact) mass is 272 g/mol. The molecule has 4 heteroatoms. The molecule has 20 heavy (non-hydrogen) atoms. The fraction of sp³-hybridized carbons (Fsp3) is 0.500. The standard InChI is InChI=1S/C16H20N2O2/c1-2-20-14-8-10-18(11-9-14)16(19)15(12-17)13-6-4-3-5-7-13/h3-7,14-15H,2,8-11H2,1H3. The van der Waals surface area contributed by atoms with E-state index >= 15 is 0 Å². The van der Waals surface area contributed by atoms with Crippen LogP contribution in [0.3, 0.4) is 0 Å². The van der Waals surface area contributed by atoms with Gasteiger partial charge < -0.3 is 9.64 Å². The summed E-state index contributed by atoms with van der Waals surface area (Å²) in [7, 11) is 0. The van der Waals surface area contributed by atoms with E-state index in [2.05, 4.69) is 6.07 Å². The van der Waals surface area contributed by atoms with Crippen molar-refractivity contribution in [1.29, 1.82) is 5.26 Å². The summed E-state index contributed by atoms with van der Waals surface area (Å²) in [6.07, 6.45) is 1.96. The molecular weight excluding hydrogens is 252 g/mol. The van der Waals surface area contributed by atoms with E-state index in [-0.39, 0.29) is 12.0 Å². The van der Waals surface area contributed by atoms with Crippen molar-refractivity contribution < 1.29 is 9.53 Å². The van der Waals surface area contributed by atoms with Gasteiger partial charge in [0.1, 0.15) is 5.92 Å². The van der Waals surface area contributed by atoms with E-state index in [0.717, 1.165) is 18.4 Å². The Morgan fingerprint density at radius 3 is 2.60 bits per heavy atom. The van der Waals surface area contributed by atoms with Crippen LogP contribution >= 0.6 is 0 Å². The van der Waals surface area contributed by atoms with Crippen LogP contribution in [0.1, 0.15) is 31.2 Å². The van der Waals surface area contributed by atoms with Crippen molar-refractivity contribution in [2.24, 2.45) is 0 Å². The minimum absolute atomic E-state index is 0.0892. The molecule has 1 aliphatic rings. The Morgan fingerprint density at radius 2 is 2.05 bits per heavy atom. The molecule has 2 rings (SSSR count). The van der Waals surface area contributed by atoms with Gasteiger partial charge >= 0.3 is 0 Å². The second kappa shape index (κ2) is 7.06. The number of nitriles is 1. The Balaban J connectivity index is 1.99. The molecule has 0 aliphatic carbocycles. The number of hydrogen-bond donors (Lipinski definition) is 0. The van der Waals surface area contributed by atoms with E-state index in [1.807, 2.05) is 37.3 Å². The number of rotatable bonds is 4. The lowest BCUT2D eigenvalue weighted by atomic mass is 9.97. The third kappa shape index (κ3) is 3.37. The SMILES string of the molecule is CCOC1CCN(C(=O)C(C#N)c2ccccc2)CC1. The van der Waals surface area contributed by atoms with Crippen LogP contribution in [0, 0.1) is 11.3 Å². The highest BCUT2D eigenvalue weighted by Crippen LogP contribution is 2.21. The summed E-state index contributed by atoms with van der Waals surface area (Å²) in [6, 6.07) is 11.4. The quantitative estimate of drug-likeness (QED) is 0.845. The summed E-state index contributed by atoms with van der Waals surface area (Å²) < 4.78 is 5.58. The molecule has 106 valence electrons. The molecule has 4 nitrogen and oxygen atoms in total. The van der Waals surface area contributed by atoms with E-state index in [1.165, 1.54) is 0 Å². The van der Waals surface area contributed by atoms with Gasteiger partial charge in [0.25, 0.3) is 0 Å². The average Bonchev–Trinajstić information content (AvgIpc) is 2.50. The Morgan fingerprint density at radius 1 is 1.40 bits per heavy atom. The molecular formula is C16H20N2O2. The maximum atomic E-state index is 12.5. The predicted octanol–water partition coefficient (Wildman–Crippen LogP) is 2.32. The van der Waals surface area contributed by atoms with E-state index in [4.69, 9.17) is 4.74 Å². The van der Waals surface area contributed by atoms with Crippen molar-refractivity contribution in [2.45, 2.75) is 31.8 Å². The van der Waals surface area contributed by atoms with Crippen molar-refractivity contribution in [2.75, 3.05) is 19.7 Å².